The van der Waals surface area contributed by atoms with E-state index in [0.29, 0.717) is 18.6 Å². The van der Waals surface area contributed by atoms with E-state index in [1.54, 1.807) is 7.11 Å². The summed E-state index contributed by atoms with van der Waals surface area (Å²) in [5.41, 5.74) is 0. The van der Waals surface area contributed by atoms with Gasteiger partial charge in [-0.05, 0) is 35.2 Å². The molecule has 0 aliphatic heterocycles. The minimum absolute atomic E-state index is 0.314. The lowest BCUT2D eigenvalue weighted by Gasteiger charge is -2.18. The Morgan fingerprint density at radius 1 is 1.50 bits per heavy atom. The van der Waals surface area contributed by atoms with Crippen LogP contribution in [-0.4, -0.2) is 29.7 Å². The van der Waals surface area contributed by atoms with E-state index in [1.165, 1.54) is 12.8 Å². The van der Waals surface area contributed by atoms with Crippen molar-refractivity contribution < 1.29 is 4.74 Å². The standard InChI is InChI=1S/C13H20BrN3O/c1-3-4-10(8-18-2)15-12-7-11(14)16-13(17-12)9-5-6-9/h7,9-10H,3-6,8H2,1-2H3,(H,15,16,17). The first-order chi connectivity index (χ1) is 8.72. The topological polar surface area (TPSA) is 47.0 Å². The van der Waals surface area contributed by atoms with E-state index in [0.717, 1.165) is 29.1 Å². The molecule has 1 saturated carbocycles. The molecule has 4 nitrogen and oxygen atoms in total. The van der Waals surface area contributed by atoms with Gasteiger partial charge in [-0.3, -0.25) is 0 Å². The molecule has 1 aromatic rings. The summed E-state index contributed by atoms with van der Waals surface area (Å²) in [6, 6.07) is 2.25. The Morgan fingerprint density at radius 2 is 2.28 bits per heavy atom. The monoisotopic (exact) mass is 313 g/mol. The maximum atomic E-state index is 5.23. The number of nitrogens with one attached hydrogen (secondary N) is 1. The van der Waals surface area contributed by atoms with Crippen LogP contribution in [-0.2, 0) is 4.74 Å². The van der Waals surface area contributed by atoms with Crippen molar-refractivity contribution in [1.29, 1.82) is 0 Å². The summed E-state index contributed by atoms with van der Waals surface area (Å²) in [7, 11) is 1.73. The lowest BCUT2D eigenvalue weighted by Crippen LogP contribution is -2.25. The first-order valence-corrected chi connectivity index (χ1v) is 7.32. The van der Waals surface area contributed by atoms with E-state index in [1.807, 2.05) is 6.07 Å². The summed E-state index contributed by atoms with van der Waals surface area (Å²) in [5.74, 6) is 2.42. The molecule has 1 atom stereocenters. The molecule has 2 rings (SSSR count). The number of hydrogen-bond acceptors (Lipinski definition) is 4. The second-order valence-corrected chi connectivity index (χ2v) is 5.61. The molecule has 100 valence electrons. The highest BCUT2D eigenvalue weighted by molar-refractivity contribution is 9.10. The Bertz CT molecular complexity index is 390. The predicted molar refractivity (Wildman–Crippen MR) is 75.9 cm³/mol. The Morgan fingerprint density at radius 3 is 2.89 bits per heavy atom. The quantitative estimate of drug-likeness (QED) is 0.784. The Labute approximate surface area is 117 Å². The lowest BCUT2D eigenvalue weighted by atomic mass is 10.2. The molecule has 18 heavy (non-hydrogen) atoms. The number of nitrogens with zero attached hydrogens (tertiary/aromatic N) is 2. The zero-order valence-corrected chi connectivity index (χ0v) is 12.5. The van der Waals surface area contributed by atoms with Gasteiger partial charge in [-0.15, -0.1) is 0 Å². The number of hydrogen-bond donors (Lipinski definition) is 1. The molecule has 5 heteroatoms. The average Bonchev–Trinajstić information content (AvgIpc) is 3.12. The lowest BCUT2D eigenvalue weighted by molar-refractivity contribution is 0.182. The first-order valence-electron chi connectivity index (χ1n) is 6.53. The molecule has 0 amide bonds. The van der Waals surface area contributed by atoms with Crippen LogP contribution in [0.2, 0.25) is 0 Å². The molecule has 1 N–H and O–H groups in total. The number of halogens is 1. The summed E-state index contributed by atoms with van der Waals surface area (Å²) in [6.07, 6.45) is 4.63. The van der Waals surface area contributed by atoms with E-state index in [4.69, 9.17) is 4.74 Å². The summed E-state index contributed by atoms with van der Waals surface area (Å²) in [5, 5.41) is 3.44. The molecule has 1 aliphatic rings. The molecular formula is C13H20BrN3O. The van der Waals surface area contributed by atoms with Gasteiger partial charge in [0, 0.05) is 19.1 Å². The number of methoxy groups -OCH3 is 1. The van der Waals surface area contributed by atoms with Crippen LogP contribution >= 0.6 is 15.9 Å². The maximum absolute atomic E-state index is 5.23. The van der Waals surface area contributed by atoms with Gasteiger partial charge in [0.05, 0.1) is 12.6 Å². The summed E-state index contributed by atoms with van der Waals surface area (Å²) in [6.45, 7) is 2.88. The van der Waals surface area contributed by atoms with Crippen molar-refractivity contribution >= 4 is 21.7 Å². The second-order valence-electron chi connectivity index (χ2n) is 4.79. The van der Waals surface area contributed by atoms with Gasteiger partial charge in [0.15, 0.2) is 0 Å². The molecule has 0 radical (unpaired) electrons. The van der Waals surface area contributed by atoms with Crippen LogP contribution in [0, 0.1) is 0 Å². The molecule has 0 saturated heterocycles. The van der Waals surface area contributed by atoms with Crippen molar-refractivity contribution in [2.24, 2.45) is 0 Å². The van der Waals surface area contributed by atoms with Crippen LogP contribution < -0.4 is 5.32 Å². The van der Waals surface area contributed by atoms with E-state index in [9.17, 15) is 0 Å². The van der Waals surface area contributed by atoms with Crippen LogP contribution in [0.3, 0.4) is 0 Å². The molecule has 1 aromatic heterocycles. The second kappa shape index (κ2) is 6.48. The molecule has 1 fully saturated rings. The fourth-order valence-corrected chi connectivity index (χ4v) is 2.39. The van der Waals surface area contributed by atoms with E-state index < -0.39 is 0 Å². The molecule has 1 aliphatic carbocycles. The van der Waals surface area contributed by atoms with Gasteiger partial charge in [-0.25, -0.2) is 9.97 Å². The molecule has 0 aromatic carbocycles. The van der Waals surface area contributed by atoms with Gasteiger partial charge < -0.3 is 10.1 Å². The van der Waals surface area contributed by atoms with Gasteiger partial charge in [0.25, 0.3) is 0 Å². The van der Waals surface area contributed by atoms with Gasteiger partial charge in [-0.2, -0.15) is 0 Å². The van der Waals surface area contributed by atoms with E-state index >= 15 is 0 Å². The minimum Gasteiger partial charge on any atom is -0.383 e. The first kappa shape index (κ1) is 13.7. The van der Waals surface area contributed by atoms with Crippen molar-refractivity contribution in [3.8, 4) is 0 Å². The fraction of sp³-hybridized carbons (Fsp3) is 0.692. The van der Waals surface area contributed by atoms with Crippen molar-refractivity contribution in [2.75, 3.05) is 19.0 Å². The third kappa shape index (κ3) is 3.92. The summed E-state index contributed by atoms with van der Waals surface area (Å²) >= 11 is 3.45. The molecule has 1 heterocycles. The van der Waals surface area contributed by atoms with Crippen molar-refractivity contribution in [3.05, 3.63) is 16.5 Å². The normalized spacial score (nSPS) is 16.6. The van der Waals surface area contributed by atoms with Crippen molar-refractivity contribution in [3.63, 3.8) is 0 Å². The van der Waals surface area contributed by atoms with Gasteiger partial charge in [0.1, 0.15) is 16.2 Å². The number of ether oxygens (including phenoxy) is 1. The van der Waals surface area contributed by atoms with Crippen molar-refractivity contribution in [2.45, 2.75) is 44.6 Å². The number of rotatable bonds is 7. The van der Waals surface area contributed by atoms with Crippen LogP contribution in [0.4, 0.5) is 5.82 Å². The van der Waals surface area contributed by atoms with Crippen LogP contribution in [0.15, 0.2) is 10.7 Å². The highest BCUT2D eigenvalue weighted by Crippen LogP contribution is 2.38. The van der Waals surface area contributed by atoms with Crippen molar-refractivity contribution in [1.82, 2.24) is 9.97 Å². The van der Waals surface area contributed by atoms with Crippen LogP contribution in [0.1, 0.15) is 44.3 Å². The van der Waals surface area contributed by atoms with Crippen LogP contribution in [0.25, 0.3) is 0 Å². The SMILES string of the molecule is CCCC(COC)Nc1cc(Br)nc(C2CC2)n1. The maximum Gasteiger partial charge on any atom is 0.135 e. The molecule has 0 spiro atoms. The largest absolute Gasteiger partial charge is 0.383 e. The molecule has 0 bridgehead atoms. The van der Waals surface area contributed by atoms with E-state index in [-0.39, 0.29) is 0 Å². The van der Waals surface area contributed by atoms with Gasteiger partial charge in [0.2, 0.25) is 0 Å². The van der Waals surface area contributed by atoms with E-state index in [2.05, 4.69) is 38.1 Å². The minimum atomic E-state index is 0.314. The van der Waals surface area contributed by atoms with Gasteiger partial charge in [-0.1, -0.05) is 13.3 Å². The summed E-state index contributed by atoms with van der Waals surface area (Å²) in [4.78, 5) is 9.02. The third-order valence-electron chi connectivity index (χ3n) is 3.01. The summed E-state index contributed by atoms with van der Waals surface area (Å²) < 4.78 is 6.09. The Hall–Kier alpha value is -0.680. The number of aromatic nitrogens is 2. The highest BCUT2D eigenvalue weighted by Gasteiger charge is 2.27. The smallest absolute Gasteiger partial charge is 0.135 e. The Kier molecular flexibility index (Phi) is 4.95. The Balaban J connectivity index is 2.06. The van der Waals surface area contributed by atoms with Crippen LogP contribution in [0.5, 0.6) is 0 Å². The predicted octanol–water partition coefficient (Wildman–Crippen LogP) is 3.34. The zero-order valence-electron chi connectivity index (χ0n) is 10.9. The molecular weight excluding hydrogens is 294 g/mol. The fourth-order valence-electron chi connectivity index (χ4n) is 1.99. The highest BCUT2D eigenvalue weighted by atomic mass is 79.9. The zero-order chi connectivity index (χ0) is 13.0. The number of anilines is 1. The third-order valence-corrected chi connectivity index (χ3v) is 3.42. The molecule has 1 unspecified atom stereocenters. The average molecular weight is 314 g/mol. The van der Waals surface area contributed by atoms with Gasteiger partial charge >= 0.3 is 0 Å².